The summed E-state index contributed by atoms with van der Waals surface area (Å²) in [5.74, 6) is 0. The number of anilines is 2. The number of H-pyrrole nitrogens is 1. The highest BCUT2D eigenvalue weighted by Crippen LogP contribution is 2.29. The SMILES string of the molecule is O=C(Nc1ccc(C(F)(F)F)cc1)N1CCN(c2cc[nH]c(=O)c2)CC1. The van der Waals surface area contributed by atoms with Crippen LogP contribution in [0.1, 0.15) is 5.56 Å². The Morgan fingerprint density at radius 2 is 1.69 bits per heavy atom. The van der Waals surface area contributed by atoms with E-state index in [0.29, 0.717) is 31.9 Å². The van der Waals surface area contributed by atoms with Gasteiger partial charge >= 0.3 is 12.2 Å². The number of piperazine rings is 1. The van der Waals surface area contributed by atoms with Crippen LogP contribution in [0.5, 0.6) is 0 Å². The molecule has 1 aromatic carbocycles. The molecule has 2 heterocycles. The summed E-state index contributed by atoms with van der Waals surface area (Å²) in [6, 6.07) is 7.24. The highest BCUT2D eigenvalue weighted by Gasteiger charge is 2.30. The maximum Gasteiger partial charge on any atom is 0.416 e. The Bertz CT molecular complexity index is 825. The van der Waals surface area contributed by atoms with Crippen molar-refractivity contribution in [3.8, 4) is 0 Å². The third-order valence-corrected chi connectivity index (χ3v) is 4.15. The number of hydrogen-bond donors (Lipinski definition) is 2. The molecule has 1 aromatic heterocycles. The van der Waals surface area contributed by atoms with E-state index in [1.165, 1.54) is 18.2 Å². The van der Waals surface area contributed by atoms with Crippen LogP contribution in [0.2, 0.25) is 0 Å². The van der Waals surface area contributed by atoms with Gasteiger partial charge in [0.1, 0.15) is 0 Å². The summed E-state index contributed by atoms with van der Waals surface area (Å²) in [5.41, 5.74) is 0.142. The lowest BCUT2D eigenvalue weighted by Crippen LogP contribution is -2.50. The molecule has 9 heteroatoms. The number of nitrogens with one attached hydrogen (secondary N) is 2. The predicted octanol–water partition coefficient (Wildman–Crippen LogP) is 2.75. The average Bonchev–Trinajstić information content (AvgIpc) is 2.61. The molecule has 0 spiro atoms. The third-order valence-electron chi connectivity index (χ3n) is 4.15. The summed E-state index contributed by atoms with van der Waals surface area (Å²) in [6.45, 7) is 2.01. The Balaban J connectivity index is 1.56. The van der Waals surface area contributed by atoms with Crippen molar-refractivity contribution < 1.29 is 18.0 Å². The largest absolute Gasteiger partial charge is 0.416 e. The predicted molar refractivity (Wildman–Crippen MR) is 91.3 cm³/mol. The van der Waals surface area contributed by atoms with Crippen molar-refractivity contribution in [2.45, 2.75) is 6.18 Å². The summed E-state index contributed by atoms with van der Waals surface area (Å²) in [5, 5.41) is 2.60. The molecule has 0 radical (unpaired) electrons. The first kappa shape index (κ1) is 17.8. The molecule has 2 N–H and O–H groups in total. The number of benzene rings is 1. The fourth-order valence-corrected chi connectivity index (χ4v) is 2.74. The van der Waals surface area contributed by atoms with E-state index in [1.807, 2.05) is 4.90 Å². The number of rotatable bonds is 2. The zero-order valence-corrected chi connectivity index (χ0v) is 13.7. The van der Waals surface area contributed by atoms with Gasteiger partial charge in [0.15, 0.2) is 0 Å². The van der Waals surface area contributed by atoms with Crippen LogP contribution in [-0.4, -0.2) is 42.1 Å². The van der Waals surface area contributed by atoms with Crippen molar-refractivity contribution >= 4 is 17.4 Å². The topological polar surface area (TPSA) is 68.4 Å². The molecule has 2 aromatic rings. The van der Waals surface area contributed by atoms with Crippen LogP contribution in [-0.2, 0) is 6.18 Å². The molecule has 0 atom stereocenters. The number of pyridine rings is 1. The molecule has 0 aliphatic carbocycles. The minimum Gasteiger partial charge on any atom is -0.368 e. The number of aromatic nitrogens is 1. The molecule has 1 aliphatic rings. The minimum atomic E-state index is -4.40. The van der Waals surface area contributed by atoms with Crippen LogP contribution in [0.25, 0.3) is 0 Å². The van der Waals surface area contributed by atoms with Crippen LogP contribution >= 0.6 is 0 Å². The van der Waals surface area contributed by atoms with Gasteiger partial charge in [0.2, 0.25) is 5.56 Å². The molecule has 1 fully saturated rings. The lowest BCUT2D eigenvalue weighted by atomic mass is 10.2. The number of carbonyl (C=O) groups excluding carboxylic acids is 1. The fraction of sp³-hybridized carbons (Fsp3) is 0.294. The third kappa shape index (κ3) is 4.16. The van der Waals surface area contributed by atoms with E-state index in [9.17, 15) is 22.8 Å². The lowest BCUT2D eigenvalue weighted by molar-refractivity contribution is -0.137. The van der Waals surface area contributed by atoms with Gasteiger partial charge in [-0.15, -0.1) is 0 Å². The molecular formula is C17H17F3N4O2. The lowest BCUT2D eigenvalue weighted by Gasteiger charge is -2.35. The van der Waals surface area contributed by atoms with Gasteiger partial charge < -0.3 is 20.1 Å². The van der Waals surface area contributed by atoms with Gasteiger partial charge in [-0.2, -0.15) is 13.2 Å². The number of hydrogen-bond acceptors (Lipinski definition) is 3. The van der Waals surface area contributed by atoms with Crippen LogP contribution in [0.15, 0.2) is 47.4 Å². The first-order chi connectivity index (χ1) is 12.3. The molecule has 0 bridgehead atoms. The molecule has 6 nitrogen and oxygen atoms in total. The van der Waals surface area contributed by atoms with Crippen molar-refractivity contribution in [3.63, 3.8) is 0 Å². The molecule has 1 aliphatic heterocycles. The molecule has 138 valence electrons. The summed E-state index contributed by atoms with van der Waals surface area (Å²) < 4.78 is 37.7. The van der Waals surface area contributed by atoms with Gasteiger partial charge in [-0.05, 0) is 30.3 Å². The normalized spacial score (nSPS) is 15.0. The van der Waals surface area contributed by atoms with E-state index < -0.39 is 11.7 Å². The highest BCUT2D eigenvalue weighted by molar-refractivity contribution is 5.89. The van der Waals surface area contributed by atoms with Gasteiger partial charge in [-0.3, -0.25) is 4.79 Å². The van der Waals surface area contributed by atoms with Gasteiger partial charge in [-0.1, -0.05) is 0 Å². The van der Waals surface area contributed by atoms with E-state index in [2.05, 4.69) is 10.3 Å². The van der Waals surface area contributed by atoms with Crippen LogP contribution in [0.4, 0.5) is 29.3 Å². The Hall–Kier alpha value is -2.97. The number of amides is 2. The zero-order valence-electron chi connectivity index (χ0n) is 13.7. The number of carbonyl (C=O) groups is 1. The quantitative estimate of drug-likeness (QED) is 0.859. The van der Waals surface area contributed by atoms with Gasteiger partial charge in [0.25, 0.3) is 0 Å². The second-order valence-electron chi connectivity index (χ2n) is 5.89. The van der Waals surface area contributed by atoms with Crippen LogP contribution < -0.4 is 15.8 Å². The van der Waals surface area contributed by atoms with Gasteiger partial charge in [-0.25, -0.2) is 4.79 Å². The Labute approximate surface area is 147 Å². The number of nitrogens with zero attached hydrogens (tertiary/aromatic N) is 2. The molecule has 26 heavy (non-hydrogen) atoms. The van der Waals surface area contributed by atoms with E-state index in [0.717, 1.165) is 17.8 Å². The number of urea groups is 1. The van der Waals surface area contributed by atoms with Gasteiger partial charge in [0.05, 0.1) is 5.56 Å². The molecule has 1 saturated heterocycles. The molecular weight excluding hydrogens is 349 g/mol. The minimum absolute atomic E-state index is 0.190. The van der Waals surface area contributed by atoms with Crippen LogP contribution in [0, 0.1) is 0 Å². The van der Waals surface area contributed by atoms with Crippen molar-refractivity contribution in [1.82, 2.24) is 9.88 Å². The monoisotopic (exact) mass is 366 g/mol. The van der Waals surface area contributed by atoms with E-state index in [1.54, 1.807) is 17.2 Å². The first-order valence-electron chi connectivity index (χ1n) is 8.00. The zero-order chi connectivity index (χ0) is 18.7. The summed E-state index contributed by atoms with van der Waals surface area (Å²) in [7, 11) is 0. The molecule has 3 rings (SSSR count). The van der Waals surface area contributed by atoms with E-state index in [-0.39, 0.29) is 11.6 Å². The number of halogens is 3. The highest BCUT2D eigenvalue weighted by atomic mass is 19.4. The van der Waals surface area contributed by atoms with Crippen molar-refractivity contribution in [2.24, 2.45) is 0 Å². The summed E-state index contributed by atoms with van der Waals surface area (Å²) in [4.78, 5) is 29.8. The Morgan fingerprint density at radius 1 is 1.04 bits per heavy atom. The number of alkyl halides is 3. The molecule has 0 saturated carbocycles. The average molecular weight is 366 g/mol. The fourth-order valence-electron chi connectivity index (χ4n) is 2.74. The standard InChI is InChI=1S/C17H17F3N4O2/c18-17(19,20)12-1-3-13(4-2-12)22-16(26)24-9-7-23(8-10-24)14-5-6-21-15(25)11-14/h1-6,11H,7-10H2,(H,21,25)(H,22,26). The summed E-state index contributed by atoms with van der Waals surface area (Å²) >= 11 is 0. The smallest absolute Gasteiger partial charge is 0.368 e. The van der Waals surface area contributed by atoms with Crippen molar-refractivity contribution in [1.29, 1.82) is 0 Å². The Kier molecular flexibility index (Phi) is 4.88. The maximum atomic E-state index is 12.6. The van der Waals surface area contributed by atoms with Crippen molar-refractivity contribution in [2.75, 3.05) is 36.4 Å². The van der Waals surface area contributed by atoms with E-state index >= 15 is 0 Å². The molecule has 2 amide bonds. The van der Waals surface area contributed by atoms with Crippen molar-refractivity contribution in [3.05, 3.63) is 58.5 Å². The summed E-state index contributed by atoms with van der Waals surface area (Å²) in [6.07, 6.45) is -2.83. The number of aromatic amines is 1. The second kappa shape index (κ2) is 7.11. The van der Waals surface area contributed by atoms with E-state index in [4.69, 9.17) is 0 Å². The van der Waals surface area contributed by atoms with Crippen LogP contribution in [0.3, 0.4) is 0 Å². The second-order valence-corrected chi connectivity index (χ2v) is 5.89. The first-order valence-corrected chi connectivity index (χ1v) is 8.00. The maximum absolute atomic E-state index is 12.6. The Morgan fingerprint density at radius 3 is 2.27 bits per heavy atom. The molecule has 0 unspecified atom stereocenters. The van der Waals surface area contributed by atoms with Gasteiger partial charge in [0, 0.05) is 49.8 Å².